The smallest absolute Gasteiger partial charge is 0.177 e. The van der Waals surface area contributed by atoms with E-state index in [2.05, 4.69) is 4.90 Å². The molecule has 1 aliphatic rings. The van der Waals surface area contributed by atoms with Crippen LogP contribution in [0.2, 0.25) is 0 Å². The highest BCUT2D eigenvalue weighted by Gasteiger charge is 2.25. The number of thiophene rings is 1. The van der Waals surface area contributed by atoms with Gasteiger partial charge in [-0.25, -0.2) is 0 Å². The van der Waals surface area contributed by atoms with E-state index in [1.54, 1.807) is 7.11 Å². The highest BCUT2D eigenvalue weighted by Crippen LogP contribution is 2.45. The molecular weight excluding hydrogens is 252 g/mol. The van der Waals surface area contributed by atoms with E-state index in [4.69, 9.17) is 15.2 Å². The van der Waals surface area contributed by atoms with E-state index in [-0.39, 0.29) is 5.78 Å². The fourth-order valence-electron chi connectivity index (χ4n) is 1.96. The van der Waals surface area contributed by atoms with Crippen LogP contribution in [0.4, 0.5) is 10.7 Å². The molecule has 0 unspecified atom stereocenters. The minimum absolute atomic E-state index is 0.0651. The van der Waals surface area contributed by atoms with Crippen molar-refractivity contribution >= 4 is 27.8 Å². The third-order valence-corrected chi connectivity index (χ3v) is 4.25. The van der Waals surface area contributed by atoms with Crippen molar-refractivity contribution in [1.29, 1.82) is 0 Å². The summed E-state index contributed by atoms with van der Waals surface area (Å²) in [5.74, 6) is 0.689. The summed E-state index contributed by atoms with van der Waals surface area (Å²) >= 11 is 1.42. The number of nitrogens with zero attached hydrogens (tertiary/aromatic N) is 1. The Balaban J connectivity index is 2.36. The van der Waals surface area contributed by atoms with E-state index in [0.29, 0.717) is 35.9 Å². The summed E-state index contributed by atoms with van der Waals surface area (Å²) in [4.78, 5) is 14.6. The van der Waals surface area contributed by atoms with Crippen molar-refractivity contribution in [1.82, 2.24) is 0 Å². The number of Topliss-reactive ketones (excluding diaryl/α,β-unsaturated/α-hetero) is 1. The molecule has 0 aliphatic carbocycles. The zero-order valence-corrected chi connectivity index (χ0v) is 11.5. The van der Waals surface area contributed by atoms with Gasteiger partial charge in [0.25, 0.3) is 0 Å². The predicted molar refractivity (Wildman–Crippen MR) is 72.9 cm³/mol. The first-order valence-corrected chi connectivity index (χ1v) is 6.82. The summed E-state index contributed by atoms with van der Waals surface area (Å²) in [6, 6.07) is 0. The van der Waals surface area contributed by atoms with Crippen molar-refractivity contribution in [3.63, 3.8) is 0 Å². The van der Waals surface area contributed by atoms with Crippen LogP contribution in [0.25, 0.3) is 0 Å². The van der Waals surface area contributed by atoms with E-state index in [0.717, 1.165) is 18.1 Å². The normalized spacial score (nSPS) is 15.8. The lowest BCUT2D eigenvalue weighted by Gasteiger charge is -2.27. The molecule has 1 fully saturated rings. The highest BCUT2D eigenvalue weighted by atomic mass is 32.1. The van der Waals surface area contributed by atoms with Gasteiger partial charge in [-0.15, -0.1) is 11.3 Å². The van der Waals surface area contributed by atoms with Crippen LogP contribution < -0.4 is 15.4 Å². The van der Waals surface area contributed by atoms with Crippen molar-refractivity contribution in [2.75, 3.05) is 44.0 Å². The largest absolute Gasteiger partial charge is 0.492 e. The van der Waals surface area contributed by atoms with Gasteiger partial charge >= 0.3 is 0 Å². The summed E-state index contributed by atoms with van der Waals surface area (Å²) < 4.78 is 10.7. The van der Waals surface area contributed by atoms with E-state index in [1.807, 2.05) is 6.92 Å². The molecule has 1 aliphatic heterocycles. The number of hydrogen-bond acceptors (Lipinski definition) is 6. The standard InChI is InChI=1S/C12H18N2O3S/c1-3-8(15)11-9(13)10(16-2)12(18-11)14-4-6-17-7-5-14/h3-7,13H2,1-2H3. The topological polar surface area (TPSA) is 64.8 Å². The molecule has 18 heavy (non-hydrogen) atoms. The fourth-order valence-corrected chi connectivity index (χ4v) is 3.21. The van der Waals surface area contributed by atoms with Crippen molar-refractivity contribution < 1.29 is 14.3 Å². The third kappa shape index (κ3) is 2.30. The minimum atomic E-state index is 0.0651. The maximum absolute atomic E-state index is 11.8. The van der Waals surface area contributed by atoms with Crippen molar-refractivity contribution in [3.8, 4) is 5.75 Å². The zero-order valence-electron chi connectivity index (χ0n) is 10.7. The van der Waals surface area contributed by atoms with Crippen LogP contribution in [-0.2, 0) is 4.74 Å². The maximum atomic E-state index is 11.8. The number of anilines is 2. The second kappa shape index (κ2) is 5.58. The van der Waals surface area contributed by atoms with Gasteiger partial charge in [-0.2, -0.15) is 0 Å². The fraction of sp³-hybridized carbons (Fsp3) is 0.583. The molecule has 2 N–H and O–H groups in total. The Morgan fingerprint density at radius 1 is 1.50 bits per heavy atom. The summed E-state index contributed by atoms with van der Waals surface area (Å²) in [6.45, 7) is 4.82. The number of nitrogens with two attached hydrogens (primary N) is 1. The quantitative estimate of drug-likeness (QED) is 0.845. The molecule has 6 heteroatoms. The Hall–Kier alpha value is -1.27. The second-order valence-corrected chi connectivity index (χ2v) is 5.06. The second-order valence-electron chi connectivity index (χ2n) is 4.06. The van der Waals surface area contributed by atoms with Gasteiger partial charge < -0.3 is 20.1 Å². The van der Waals surface area contributed by atoms with Gasteiger partial charge in [0, 0.05) is 19.5 Å². The Labute approximate surface area is 110 Å². The number of nitrogen functional groups attached to an aromatic ring is 1. The Bertz CT molecular complexity index is 439. The maximum Gasteiger partial charge on any atom is 0.177 e. The number of ketones is 1. The first-order valence-electron chi connectivity index (χ1n) is 6.01. The molecule has 1 aromatic heterocycles. The molecule has 100 valence electrons. The molecule has 1 aromatic rings. The SMILES string of the molecule is CCC(=O)c1sc(N2CCOCC2)c(OC)c1N. The van der Waals surface area contributed by atoms with Crippen LogP contribution in [0.1, 0.15) is 23.0 Å². The lowest BCUT2D eigenvalue weighted by atomic mass is 10.2. The number of carbonyl (C=O) groups is 1. The predicted octanol–water partition coefficient (Wildman–Crippen LogP) is 1.77. The number of rotatable bonds is 4. The molecule has 0 bridgehead atoms. The molecule has 0 saturated carbocycles. The summed E-state index contributed by atoms with van der Waals surface area (Å²) in [6.07, 6.45) is 0.455. The average Bonchev–Trinajstić information content (AvgIpc) is 2.76. The molecule has 0 radical (unpaired) electrons. The van der Waals surface area contributed by atoms with E-state index in [9.17, 15) is 4.79 Å². The van der Waals surface area contributed by atoms with Crippen LogP contribution in [-0.4, -0.2) is 39.2 Å². The molecule has 2 heterocycles. The van der Waals surface area contributed by atoms with Gasteiger partial charge in [0.2, 0.25) is 0 Å². The van der Waals surface area contributed by atoms with Gasteiger partial charge in [0.15, 0.2) is 11.5 Å². The van der Waals surface area contributed by atoms with Gasteiger partial charge in [0.1, 0.15) is 5.00 Å². The first kappa shape index (κ1) is 13.2. The van der Waals surface area contributed by atoms with Crippen molar-refractivity contribution in [3.05, 3.63) is 4.88 Å². The van der Waals surface area contributed by atoms with E-state index < -0.39 is 0 Å². The van der Waals surface area contributed by atoms with E-state index >= 15 is 0 Å². The van der Waals surface area contributed by atoms with Crippen LogP contribution in [0.3, 0.4) is 0 Å². The van der Waals surface area contributed by atoms with Gasteiger partial charge in [-0.1, -0.05) is 6.92 Å². The molecule has 5 nitrogen and oxygen atoms in total. The molecule has 0 atom stereocenters. The van der Waals surface area contributed by atoms with Gasteiger partial charge in [-0.05, 0) is 0 Å². The Kier molecular flexibility index (Phi) is 4.08. The molecule has 0 amide bonds. The summed E-state index contributed by atoms with van der Waals surface area (Å²) in [7, 11) is 1.59. The van der Waals surface area contributed by atoms with Crippen LogP contribution in [0.5, 0.6) is 5.75 Å². The van der Waals surface area contributed by atoms with Crippen LogP contribution in [0.15, 0.2) is 0 Å². The van der Waals surface area contributed by atoms with Crippen molar-refractivity contribution in [2.45, 2.75) is 13.3 Å². The minimum Gasteiger partial charge on any atom is -0.492 e. The number of methoxy groups -OCH3 is 1. The third-order valence-electron chi connectivity index (χ3n) is 2.96. The van der Waals surface area contributed by atoms with Gasteiger partial charge in [-0.3, -0.25) is 4.79 Å². The molecular formula is C12H18N2O3S. The summed E-state index contributed by atoms with van der Waals surface area (Å²) in [5, 5.41) is 0.940. The number of carbonyl (C=O) groups excluding carboxylic acids is 1. The Morgan fingerprint density at radius 2 is 2.17 bits per heavy atom. The molecule has 2 rings (SSSR count). The van der Waals surface area contributed by atoms with Crippen molar-refractivity contribution in [2.24, 2.45) is 0 Å². The number of hydrogen-bond donors (Lipinski definition) is 1. The summed E-state index contributed by atoms with van der Waals surface area (Å²) in [5.41, 5.74) is 6.47. The van der Waals surface area contributed by atoms with E-state index in [1.165, 1.54) is 11.3 Å². The molecule has 0 spiro atoms. The van der Waals surface area contributed by atoms with Gasteiger partial charge in [0.05, 0.1) is 30.9 Å². The molecule has 0 aromatic carbocycles. The average molecular weight is 270 g/mol. The highest BCUT2D eigenvalue weighted by molar-refractivity contribution is 7.19. The zero-order chi connectivity index (χ0) is 13.1. The monoisotopic (exact) mass is 270 g/mol. The Morgan fingerprint density at radius 3 is 2.72 bits per heavy atom. The molecule has 1 saturated heterocycles. The number of ether oxygens (including phenoxy) is 2. The number of morpholine rings is 1. The lowest BCUT2D eigenvalue weighted by molar-refractivity contribution is 0.0992. The lowest BCUT2D eigenvalue weighted by Crippen LogP contribution is -2.35. The van der Waals surface area contributed by atoms with Crippen LogP contribution >= 0.6 is 11.3 Å². The first-order chi connectivity index (χ1) is 8.69. The van der Waals surface area contributed by atoms with Crippen LogP contribution in [0, 0.1) is 0 Å².